The molecular weight excluding hydrogens is 390 g/mol. The van der Waals surface area contributed by atoms with Crippen LogP contribution in [0.3, 0.4) is 0 Å². The molecule has 6 heteroatoms. The van der Waals surface area contributed by atoms with Crippen LogP contribution in [0.1, 0.15) is 13.8 Å². The molecular formula is C25H31N3O3. The standard InChI is InChI=1S/C25H31N3O3/c1-5-27-14-16-28(17-15-27)24-22-9-7-6-8-20(22)18-23(26-24)19-10-12-21(13-11-19)31-25(2,29-3)30-4/h6-13,18H,5,14-17H2,1-4H3. The molecule has 1 saturated heterocycles. The first-order valence-corrected chi connectivity index (χ1v) is 10.8. The van der Waals surface area contributed by atoms with Gasteiger partial charge in [-0.05, 0) is 42.3 Å². The van der Waals surface area contributed by atoms with Crippen molar-refractivity contribution in [1.29, 1.82) is 0 Å². The zero-order valence-corrected chi connectivity index (χ0v) is 18.8. The number of fused-ring (bicyclic) bond motifs is 1. The van der Waals surface area contributed by atoms with Gasteiger partial charge in [0.25, 0.3) is 0 Å². The molecule has 0 atom stereocenters. The van der Waals surface area contributed by atoms with Crippen molar-refractivity contribution in [1.82, 2.24) is 9.88 Å². The van der Waals surface area contributed by atoms with Crippen LogP contribution >= 0.6 is 0 Å². The Morgan fingerprint density at radius 1 is 0.935 bits per heavy atom. The molecule has 2 heterocycles. The summed E-state index contributed by atoms with van der Waals surface area (Å²) in [5.74, 6) is 0.624. The van der Waals surface area contributed by atoms with Crippen molar-refractivity contribution in [2.24, 2.45) is 0 Å². The molecule has 0 aliphatic carbocycles. The molecule has 0 spiro atoms. The predicted molar refractivity (Wildman–Crippen MR) is 125 cm³/mol. The van der Waals surface area contributed by atoms with E-state index < -0.39 is 5.97 Å². The molecule has 0 radical (unpaired) electrons. The summed E-state index contributed by atoms with van der Waals surface area (Å²) in [7, 11) is 3.11. The van der Waals surface area contributed by atoms with Gasteiger partial charge in [0.1, 0.15) is 11.6 Å². The summed E-state index contributed by atoms with van der Waals surface area (Å²) in [4.78, 5) is 10.00. The SMILES string of the molecule is CCN1CCN(c2nc(-c3ccc(OC(C)(OC)OC)cc3)cc3ccccc23)CC1. The molecule has 3 aromatic rings. The van der Waals surface area contributed by atoms with Crippen LogP contribution in [-0.4, -0.2) is 62.8 Å². The number of benzene rings is 2. The number of pyridine rings is 1. The van der Waals surface area contributed by atoms with E-state index in [0.29, 0.717) is 5.75 Å². The van der Waals surface area contributed by atoms with E-state index in [1.54, 1.807) is 21.1 Å². The number of likely N-dealkylation sites (N-methyl/N-ethyl adjacent to an activating group) is 1. The van der Waals surface area contributed by atoms with Gasteiger partial charge in [0.05, 0.1) is 5.69 Å². The first-order chi connectivity index (χ1) is 15.0. The number of aromatic nitrogens is 1. The molecule has 0 bridgehead atoms. The molecule has 1 fully saturated rings. The quantitative estimate of drug-likeness (QED) is 0.528. The highest BCUT2D eigenvalue weighted by atomic mass is 16.9. The molecule has 4 rings (SSSR count). The van der Waals surface area contributed by atoms with Gasteiger partial charge in [-0.2, -0.15) is 0 Å². The van der Waals surface area contributed by atoms with Gasteiger partial charge in [-0.25, -0.2) is 4.98 Å². The molecule has 0 amide bonds. The lowest BCUT2D eigenvalue weighted by Gasteiger charge is -2.35. The fraction of sp³-hybridized carbons (Fsp3) is 0.400. The van der Waals surface area contributed by atoms with Crippen LogP contribution in [0.5, 0.6) is 5.75 Å². The third kappa shape index (κ3) is 4.66. The molecule has 2 aromatic carbocycles. The highest BCUT2D eigenvalue weighted by Gasteiger charge is 2.25. The normalized spacial score (nSPS) is 15.4. The number of ether oxygens (including phenoxy) is 3. The Labute approximate surface area is 184 Å². The lowest BCUT2D eigenvalue weighted by molar-refractivity contribution is -0.309. The molecule has 1 aliphatic heterocycles. The average Bonchev–Trinajstić information content (AvgIpc) is 2.84. The van der Waals surface area contributed by atoms with Gasteiger partial charge in [0, 0.05) is 58.3 Å². The predicted octanol–water partition coefficient (Wildman–Crippen LogP) is 4.39. The van der Waals surface area contributed by atoms with Crippen molar-refractivity contribution in [3.63, 3.8) is 0 Å². The zero-order chi connectivity index (χ0) is 21.8. The van der Waals surface area contributed by atoms with Gasteiger partial charge in [-0.15, -0.1) is 0 Å². The zero-order valence-electron chi connectivity index (χ0n) is 18.8. The lowest BCUT2D eigenvalue weighted by atomic mass is 10.1. The van der Waals surface area contributed by atoms with Crippen molar-refractivity contribution in [3.8, 4) is 17.0 Å². The third-order valence-electron chi connectivity index (χ3n) is 6.03. The molecule has 1 aromatic heterocycles. The fourth-order valence-electron chi connectivity index (χ4n) is 3.92. The van der Waals surface area contributed by atoms with E-state index in [9.17, 15) is 0 Å². The Morgan fingerprint density at radius 3 is 2.26 bits per heavy atom. The Kier molecular flexibility index (Phi) is 6.41. The summed E-state index contributed by atoms with van der Waals surface area (Å²) in [5.41, 5.74) is 2.00. The molecule has 0 N–H and O–H groups in total. The van der Waals surface area contributed by atoms with Crippen LogP contribution in [0.2, 0.25) is 0 Å². The first-order valence-electron chi connectivity index (χ1n) is 10.8. The molecule has 0 unspecified atom stereocenters. The van der Waals surface area contributed by atoms with Crippen LogP contribution in [0.25, 0.3) is 22.0 Å². The van der Waals surface area contributed by atoms with E-state index in [0.717, 1.165) is 49.8 Å². The minimum atomic E-state index is -1.11. The second kappa shape index (κ2) is 9.22. The van der Waals surface area contributed by atoms with E-state index >= 15 is 0 Å². The molecule has 6 nitrogen and oxygen atoms in total. The second-order valence-electron chi connectivity index (χ2n) is 7.87. The minimum absolute atomic E-state index is 0.673. The van der Waals surface area contributed by atoms with E-state index in [-0.39, 0.29) is 0 Å². The van der Waals surface area contributed by atoms with Crippen LogP contribution < -0.4 is 9.64 Å². The van der Waals surface area contributed by atoms with E-state index in [1.807, 2.05) is 24.3 Å². The van der Waals surface area contributed by atoms with Crippen molar-refractivity contribution >= 4 is 16.6 Å². The van der Waals surface area contributed by atoms with E-state index in [4.69, 9.17) is 19.2 Å². The van der Waals surface area contributed by atoms with Gasteiger partial charge < -0.3 is 24.0 Å². The second-order valence-corrected chi connectivity index (χ2v) is 7.87. The summed E-state index contributed by atoms with van der Waals surface area (Å²) in [6, 6.07) is 18.5. The van der Waals surface area contributed by atoms with Gasteiger partial charge in [-0.1, -0.05) is 31.2 Å². The number of anilines is 1. The maximum absolute atomic E-state index is 5.82. The highest BCUT2D eigenvalue weighted by molar-refractivity contribution is 5.95. The Bertz CT molecular complexity index is 1010. The van der Waals surface area contributed by atoms with Crippen LogP contribution in [0.4, 0.5) is 5.82 Å². The first kappa shape index (κ1) is 21.6. The Balaban J connectivity index is 1.65. The van der Waals surface area contributed by atoms with Crippen molar-refractivity contribution in [2.45, 2.75) is 19.8 Å². The van der Waals surface area contributed by atoms with Crippen LogP contribution in [0, 0.1) is 0 Å². The smallest absolute Gasteiger partial charge is 0.323 e. The summed E-state index contributed by atoms with van der Waals surface area (Å²) < 4.78 is 16.4. The maximum Gasteiger partial charge on any atom is 0.323 e. The minimum Gasteiger partial charge on any atom is -0.439 e. The summed E-state index contributed by atoms with van der Waals surface area (Å²) in [5, 5.41) is 2.40. The number of piperazine rings is 1. The van der Waals surface area contributed by atoms with Crippen molar-refractivity contribution in [3.05, 3.63) is 54.6 Å². The van der Waals surface area contributed by atoms with Gasteiger partial charge >= 0.3 is 5.97 Å². The number of hydrogen-bond donors (Lipinski definition) is 0. The largest absolute Gasteiger partial charge is 0.439 e. The fourth-order valence-corrected chi connectivity index (χ4v) is 3.92. The van der Waals surface area contributed by atoms with E-state index in [2.05, 4.69) is 47.1 Å². The van der Waals surface area contributed by atoms with E-state index in [1.165, 1.54) is 10.8 Å². The van der Waals surface area contributed by atoms with Crippen LogP contribution in [-0.2, 0) is 9.47 Å². The average molecular weight is 422 g/mol. The highest BCUT2D eigenvalue weighted by Crippen LogP contribution is 2.32. The van der Waals surface area contributed by atoms with Gasteiger partial charge in [0.2, 0.25) is 0 Å². The third-order valence-corrected chi connectivity index (χ3v) is 6.03. The summed E-state index contributed by atoms with van der Waals surface area (Å²) >= 11 is 0. The Morgan fingerprint density at radius 2 is 1.61 bits per heavy atom. The van der Waals surface area contributed by atoms with Gasteiger partial charge in [0.15, 0.2) is 0 Å². The van der Waals surface area contributed by atoms with Crippen molar-refractivity contribution < 1.29 is 14.2 Å². The summed E-state index contributed by atoms with van der Waals surface area (Å²) in [6.07, 6.45) is 0. The maximum atomic E-state index is 5.82. The number of nitrogens with zero attached hydrogens (tertiary/aromatic N) is 3. The molecule has 164 valence electrons. The Hall–Kier alpha value is -2.67. The topological polar surface area (TPSA) is 47.1 Å². The molecule has 0 saturated carbocycles. The number of methoxy groups -OCH3 is 2. The monoisotopic (exact) mass is 421 g/mol. The van der Waals surface area contributed by atoms with Gasteiger partial charge in [-0.3, -0.25) is 0 Å². The molecule has 1 aliphatic rings. The van der Waals surface area contributed by atoms with Crippen molar-refractivity contribution in [2.75, 3.05) is 51.8 Å². The van der Waals surface area contributed by atoms with Crippen LogP contribution in [0.15, 0.2) is 54.6 Å². The lowest BCUT2D eigenvalue weighted by Crippen LogP contribution is -2.46. The number of hydrogen-bond acceptors (Lipinski definition) is 6. The summed E-state index contributed by atoms with van der Waals surface area (Å²) in [6.45, 7) is 9.18. The number of rotatable bonds is 7. The molecule has 31 heavy (non-hydrogen) atoms.